The second-order valence-electron chi connectivity index (χ2n) is 5.69. The fraction of sp³-hybridized carbons (Fsp3) is 0.167. The number of rotatable bonds is 5. The molecule has 0 spiro atoms. The average Bonchev–Trinajstić information content (AvgIpc) is 3.07. The predicted molar refractivity (Wildman–Crippen MR) is 92.6 cm³/mol. The van der Waals surface area contributed by atoms with Crippen molar-refractivity contribution in [3.63, 3.8) is 0 Å². The lowest BCUT2D eigenvalue weighted by Crippen LogP contribution is -2.15. The summed E-state index contributed by atoms with van der Waals surface area (Å²) >= 11 is 0. The third kappa shape index (κ3) is 4.25. The van der Waals surface area contributed by atoms with Gasteiger partial charge in [-0.3, -0.25) is 0 Å². The van der Waals surface area contributed by atoms with E-state index in [0.717, 1.165) is 12.1 Å². The van der Waals surface area contributed by atoms with Crippen LogP contribution in [0.1, 0.15) is 23.6 Å². The van der Waals surface area contributed by atoms with Crippen LogP contribution >= 0.6 is 0 Å². The van der Waals surface area contributed by atoms with Crippen LogP contribution in [0.2, 0.25) is 0 Å². The lowest BCUT2D eigenvalue weighted by Gasteiger charge is -2.10. The molecule has 0 radical (unpaired) electrons. The Morgan fingerprint density at radius 1 is 1.22 bits per heavy atom. The third-order valence-corrected chi connectivity index (χ3v) is 3.83. The molecule has 0 unspecified atom stereocenters. The third-order valence-electron chi connectivity index (χ3n) is 3.83. The second-order valence-corrected chi connectivity index (χ2v) is 5.69. The van der Waals surface area contributed by atoms with Crippen LogP contribution in [0, 0.1) is 0 Å². The number of para-hydroxylation sites is 1. The molecule has 1 N–H and O–H groups in total. The van der Waals surface area contributed by atoms with Crippen LogP contribution in [0.5, 0.6) is 0 Å². The van der Waals surface area contributed by atoms with Crippen LogP contribution in [0.25, 0.3) is 5.69 Å². The number of aromatic amines is 1. The fourth-order valence-corrected chi connectivity index (χ4v) is 2.46. The molecule has 2 aromatic carbocycles. The summed E-state index contributed by atoms with van der Waals surface area (Å²) in [6.45, 7) is 1.59. The number of H-pyrrole nitrogens is 1. The highest BCUT2D eigenvalue weighted by Gasteiger charge is 2.30. The van der Waals surface area contributed by atoms with E-state index in [1.54, 1.807) is 31.2 Å². The summed E-state index contributed by atoms with van der Waals surface area (Å²) in [5.74, 6) is 0. The molecule has 0 amide bonds. The van der Waals surface area contributed by atoms with Crippen molar-refractivity contribution in [2.45, 2.75) is 19.7 Å². The molecule has 3 aromatic rings. The Labute approximate surface area is 151 Å². The van der Waals surface area contributed by atoms with Crippen molar-refractivity contribution in [1.82, 2.24) is 14.8 Å². The van der Waals surface area contributed by atoms with Gasteiger partial charge in [-0.05, 0) is 30.7 Å². The van der Waals surface area contributed by atoms with Gasteiger partial charge in [0, 0.05) is 5.56 Å². The highest BCUT2D eigenvalue weighted by atomic mass is 19.4. The smallest absolute Gasteiger partial charge is 0.391 e. The van der Waals surface area contributed by atoms with Gasteiger partial charge < -0.3 is 4.84 Å². The Morgan fingerprint density at radius 3 is 2.70 bits per heavy atom. The molecule has 0 atom stereocenters. The molecule has 0 bridgehead atoms. The molecule has 0 aliphatic carbocycles. The Hall–Kier alpha value is -3.36. The number of hydrogen-bond acceptors (Lipinski definition) is 4. The number of hydrogen-bond donors (Lipinski definition) is 1. The standard InChI is InChI=1S/C18H15F3N4O2/c1-12(13-6-4-7-15(9-13)18(19,20)21)24-27-10-14-5-2-3-8-16(14)25-11-22-23-17(25)26/h2-9,11H,10H2,1H3,(H,23,26). The molecule has 0 fully saturated rings. The Morgan fingerprint density at radius 2 is 2.00 bits per heavy atom. The van der Waals surface area contributed by atoms with Crippen LogP contribution < -0.4 is 5.69 Å². The minimum absolute atomic E-state index is 0.0318. The van der Waals surface area contributed by atoms with Gasteiger partial charge in [-0.1, -0.05) is 35.5 Å². The maximum atomic E-state index is 12.8. The van der Waals surface area contributed by atoms with Gasteiger partial charge in [0.1, 0.15) is 12.9 Å². The number of aromatic nitrogens is 3. The molecule has 140 valence electrons. The number of halogens is 3. The van der Waals surface area contributed by atoms with E-state index in [-0.39, 0.29) is 6.61 Å². The van der Waals surface area contributed by atoms with Crippen LogP contribution in [0.4, 0.5) is 13.2 Å². The van der Waals surface area contributed by atoms with Gasteiger partial charge in [0.25, 0.3) is 0 Å². The highest BCUT2D eigenvalue weighted by Crippen LogP contribution is 2.29. The number of alkyl halides is 3. The van der Waals surface area contributed by atoms with Crippen molar-refractivity contribution in [2.24, 2.45) is 5.16 Å². The van der Waals surface area contributed by atoms with Crippen molar-refractivity contribution in [1.29, 1.82) is 0 Å². The molecule has 3 rings (SSSR count). The van der Waals surface area contributed by atoms with Gasteiger partial charge in [0.05, 0.1) is 17.0 Å². The van der Waals surface area contributed by atoms with Gasteiger partial charge in [-0.2, -0.15) is 18.3 Å². The van der Waals surface area contributed by atoms with Crippen LogP contribution in [-0.4, -0.2) is 20.5 Å². The van der Waals surface area contributed by atoms with Crippen molar-refractivity contribution in [2.75, 3.05) is 0 Å². The number of nitrogens with zero attached hydrogens (tertiary/aromatic N) is 3. The molecular formula is C18H15F3N4O2. The molecule has 0 saturated carbocycles. The van der Waals surface area contributed by atoms with Gasteiger partial charge >= 0.3 is 11.9 Å². The zero-order chi connectivity index (χ0) is 19.4. The van der Waals surface area contributed by atoms with Crippen molar-refractivity contribution < 1.29 is 18.0 Å². The van der Waals surface area contributed by atoms with Crippen LogP contribution in [-0.2, 0) is 17.6 Å². The van der Waals surface area contributed by atoms with E-state index in [1.165, 1.54) is 23.0 Å². The van der Waals surface area contributed by atoms with Crippen LogP contribution in [0.3, 0.4) is 0 Å². The summed E-state index contributed by atoms with van der Waals surface area (Å²) < 4.78 is 39.8. The molecule has 6 nitrogen and oxygen atoms in total. The first-order valence-corrected chi connectivity index (χ1v) is 7.91. The lowest BCUT2D eigenvalue weighted by atomic mass is 10.1. The molecule has 9 heteroatoms. The topological polar surface area (TPSA) is 72.3 Å². The van der Waals surface area contributed by atoms with E-state index in [2.05, 4.69) is 15.4 Å². The Kier molecular flexibility index (Phi) is 5.11. The largest absolute Gasteiger partial charge is 0.416 e. The molecule has 1 heterocycles. The quantitative estimate of drug-likeness (QED) is 0.547. The summed E-state index contributed by atoms with van der Waals surface area (Å²) in [7, 11) is 0. The number of nitrogens with one attached hydrogen (secondary N) is 1. The molecule has 27 heavy (non-hydrogen) atoms. The maximum absolute atomic E-state index is 12.8. The maximum Gasteiger partial charge on any atom is 0.416 e. The minimum atomic E-state index is -4.42. The normalized spacial score (nSPS) is 12.2. The molecule has 0 aliphatic heterocycles. The summed E-state index contributed by atoms with van der Waals surface area (Å²) in [4.78, 5) is 17.0. The van der Waals surface area contributed by atoms with Gasteiger partial charge in [0.15, 0.2) is 0 Å². The Bertz CT molecular complexity index is 1020. The SMILES string of the molecule is CC(=NOCc1ccccc1-n1cn[nH]c1=O)c1cccc(C(F)(F)F)c1. The number of oxime groups is 1. The first-order valence-electron chi connectivity index (χ1n) is 7.91. The fourth-order valence-electron chi connectivity index (χ4n) is 2.46. The van der Waals surface area contributed by atoms with Crippen LogP contribution in [0.15, 0.2) is 64.8 Å². The summed E-state index contributed by atoms with van der Waals surface area (Å²) in [5, 5.41) is 9.88. The zero-order valence-corrected chi connectivity index (χ0v) is 14.2. The summed E-state index contributed by atoms with van der Waals surface area (Å²) in [6.07, 6.45) is -3.08. The highest BCUT2D eigenvalue weighted by molar-refractivity contribution is 5.98. The molecular weight excluding hydrogens is 361 g/mol. The average molecular weight is 376 g/mol. The van der Waals surface area contributed by atoms with E-state index < -0.39 is 17.4 Å². The predicted octanol–water partition coefficient (Wildman–Crippen LogP) is 3.52. The van der Waals surface area contributed by atoms with E-state index >= 15 is 0 Å². The van der Waals surface area contributed by atoms with Crippen molar-refractivity contribution in [3.8, 4) is 5.69 Å². The van der Waals surface area contributed by atoms with Crippen molar-refractivity contribution in [3.05, 3.63) is 82.0 Å². The monoisotopic (exact) mass is 376 g/mol. The van der Waals surface area contributed by atoms with E-state index in [1.807, 2.05) is 0 Å². The summed E-state index contributed by atoms with van der Waals surface area (Å²) in [6, 6.07) is 11.9. The molecule has 1 aromatic heterocycles. The molecule has 0 aliphatic rings. The summed E-state index contributed by atoms with van der Waals surface area (Å²) in [5.41, 5.74) is 0.707. The first kappa shape index (κ1) is 18.4. The Balaban J connectivity index is 1.77. The lowest BCUT2D eigenvalue weighted by molar-refractivity contribution is -0.137. The van der Waals surface area contributed by atoms with Crippen molar-refractivity contribution >= 4 is 5.71 Å². The van der Waals surface area contributed by atoms with Gasteiger partial charge in [-0.25, -0.2) is 14.5 Å². The number of benzene rings is 2. The van der Waals surface area contributed by atoms with E-state index in [9.17, 15) is 18.0 Å². The molecule has 0 saturated heterocycles. The van der Waals surface area contributed by atoms with Gasteiger partial charge in [-0.15, -0.1) is 0 Å². The van der Waals surface area contributed by atoms with E-state index in [4.69, 9.17) is 4.84 Å². The van der Waals surface area contributed by atoms with E-state index in [0.29, 0.717) is 22.5 Å². The zero-order valence-electron chi connectivity index (χ0n) is 14.2. The first-order chi connectivity index (χ1) is 12.9. The minimum Gasteiger partial charge on any atom is -0.391 e. The van der Waals surface area contributed by atoms with Gasteiger partial charge in [0.2, 0.25) is 0 Å². The second kappa shape index (κ2) is 7.48.